The van der Waals surface area contributed by atoms with Crippen LogP contribution >= 0.6 is 0 Å². The zero-order valence-corrected chi connectivity index (χ0v) is 14.7. The first-order chi connectivity index (χ1) is 13.0. The first kappa shape index (κ1) is 16.8. The molecule has 27 heavy (non-hydrogen) atoms. The van der Waals surface area contributed by atoms with Crippen molar-refractivity contribution in [3.63, 3.8) is 0 Å². The van der Waals surface area contributed by atoms with Crippen molar-refractivity contribution in [3.8, 4) is 11.4 Å². The predicted molar refractivity (Wildman–Crippen MR) is 101 cm³/mol. The number of aromatic amines is 1. The van der Waals surface area contributed by atoms with E-state index in [0.29, 0.717) is 34.8 Å². The molecular formula is C20H18N4O3. The molecule has 0 bridgehead atoms. The highest BCUT2D eigenvalue weighted by Crippen LogP contribution is 2.37. The molecule has 0 saturated carbocycles. The van der Waals surface area contributed by atoms with Gasteiger partial charge in [-0.2, -0.15) is 0 Å². The van der Waals surface area contributed by atoms with Gasteiger partial charge < -0.3 is 15.4 Å². The number of aryl methyl sites for hydroxylation is 1. The Hall–Kier alpha value is -3.61. The number of carbonyl (C=O) groups is 2. The fourth-order valence-electron chi connectivity index (χ4n) is 3.22. The van der Waals surface area contributed by atoms with Gasteiger partial charge in [-0.25, -0.2) is 9.69 Å². The summed E-state index contributed by atoms with van der Waals surface area (Å²) in [4.78, 5) is 32.8. The van der Waals surface area contributed by atoms with Crippen LogP contribution in [0.15, 0.2) is 48.7 Å². The maximum Gasteiger partial charge on any atom is 0.414 e. The van der Waals surface area contributed by atoms with Gasteiger partial charge in [-0.3, -0.25) is 9.78 Å². The van der Waals surface area contributed by atoms with E-state index in [1.165, 1.54) is 0 Å². The number of benzene rings is 1. The summed E-state index contributed by atoms with van der Waals surface area (Å²) in [5.41, 5.74) is 4.79. The van der Waals surface area contributed by atoms with Crippen LogP contribution in [0, 0.1) is 6.92 Å². The molecule has 7 nitrogen and oxygen atoms in total. The van der Waals surface area contributed by atoms with E-state index >= 15 is 0 Å². The molecule has 4 rings (SSSR count). The lowest BCUT2D eigenvalue weighted by Crippen LogP contribution is -2.41. The van der Waals surface area contributed by atoms with Crippen LogP contribution in [0.2, 0.25) is 0 Å². The summed E-state index contributed by atoms with van der Waals surface area (Å²) in [5.74, 6) is -0.531. The minimum Gasteiger partial charge on any atom is -0.465 e. The van der Waals surface area contributed by atoms with Crippen LogP contribution in [0.3, 0.4) is 0 Å². The van der Waals surface area contributed by atoms with E-state index in [-0.39, 0.29) is 6.54 Å². The molecule has 7 heteroatoms. The number of hydrogen-bond donors (Lipinski definition) is 3. The van der Waals surface area contributed by atoms with E-state index in [2.05, 4.69) is 15.3 Å². The number of aromatic nitrogens is 2. The highest BCUT2D eigenvalue weighted by Gasteiger charge is 2.34. The Kier molecular flexibility index (Phi) is 4.12. The zero-order valence-electron chi connectivity index (χ0n) is 14.7. The SMILES string of the molecule is Cc1ccc(-c2[nH]c3c(c2Nc2ccccc2)C(=O)N(C(=O)O)CC3)nc1. The summed E-state index contributed by atoms with van der Waals surface area (Å²) in [6.07, 6.45) is 0.947. The van der Waals surface area contributed by atoms with Gasteiger partial charge in [-0.05, 0) is 30.7 Å². The number of pyridine rings is 1. The Morgan fingerprint density at radius 2 is 2.00 bits per heavy atom. The van der Waals surface area contributed by atoms with Crippen LogP contribution in [-0.2, 0) is 6.42 Å². The molecule has 1 aliphatic heterocycles. The van der Waals surface area contributed by atoms with E-state index in [0.717, 1.165) is 16.2 Å². The van der Waals surface area contributed by atoms with Crippen LogP contribution in [0.25, 0.3) is 11.4 Å². The molecule has 136 valence electrons. The van der Waals surface area contributed by atoms with Crippen LogP contribution < -0.4 is 5.32 Å². The molecule has 1 aromatic carbocycles. The van der Waals surface area contributed by atoms with E-state index in [1.54, 1.807) is 6.20 Å². The van der Waals surface area contributed by atoms with E-state index < -0.39 is 12.0 Å². The number of hydrogen-bond acceptors (Lipinski definition) is 4. The summed E-state index contributed by atoms with van der Waals surface area (Å²) in [6.45, 7) is 2.08. The second kappa shape index (κ2) is 6.60. The topological polar surface area (TPSA) is 98.3 Å². The average molecular weight is 362 g/mol. The quantitative estimate of drug-likeness (QED) is 0.658. The lowest BCUT2D eigenvalue weighted by molar-refractivity contribution is 0.0728. The molecule has 3 N–H and O–H groups in total. The second-order valence-corrected chi connectivity index (χ2v) is 6.43. The van der Waals surface area contributed by atoms with Crippen molar-refractivity contribution >= 4 is 23.4 Å². The number of rotatable bonds is 3. The van der Waals surface area contributed by atoms with Crippen molar-refractivity contribution in [2.45, 2.75) is 13.3 Å². The molecule has 0 fully saturated rings. The minimum atomic E-state index is -1.24. The summed E-state index contributed by atoms with van der Waals surface area (Å²) in [6, 6.07) is 13.3. The number of carboxylic acid groups (broad SMARTS) is 1. The van der Waals surface area contributed by atoms with Crippen molar-refractivity contribution < 1.29 is 14.7 Å². The van der Waals surface area contributed by atoms with Crippen molar-refractivity contribution in [2.24, 2.45) is 0 Å². The molecule has 1 aliphatic rings. The number of fused-ring (bicyclic) bond motifs is 1. The third-order valence-corrected chi connectivity index (χ3v) is 4.56. The number of carbonyl (C=O) groups excluding carboxylic acids is 1. The fourth-order valence-corrected chi connectivity index (χ4v) is 3.22. The highest BCUT2D eigenvalue weighted by atomic mass is 16.4. The molecule has 3 aromatic rings. The molecule has 2 amide bonds. The first-order valence-corrected chi connectivity index (χ1v) is 8.59. The maximum atomic E-state index is 12.8. The molecule has 0 aliphatic carbocycles. The first-order valence-electron chi connectivity index (χ1n) is 8.59. The molecule has 0 atom stereocenters. The Labute approximate surface area is 155 Å². The molecule has 0 spiro atoms. The van der Waals surface area contributed by atoms with Gasteiger partial charge in [0.25, 0.3) is 5.91 Å². The van der Waals surface area contributed by atoms with Crippen LogP contribution in [0.1, 0.15) is 21.6 Å². The predicted octanol–water partition coefficient (Wildman–Crippen LogP) is 3.81. The summed E-state index contributed by atoms with van der Waals surface area (Å²) in [7, 11) is 0. The van der Waals surface area contributed by atoms with E-state index in [1.807, 2.05) is 49.4 Å². The van der Waals surface area contributed by atoms with Crippen molar-refractivity contribution in [1.29, 1.82) is 0 Å². The average Bonchev–Trinajstić information content (AvgIpc) is 3.02. The van der Waals surface area contributed by atoms with E-state index in [4.69, 9.17) is 0 Å². The Morgan fingerprint density at radius 1 is 1.22 bits per heavy atom. The van der Waals surface area contributed by atoms with Gasteiger partial charge in [-0.15, -0.1) is 0 Å². The number of anilines is 2. The minimum absolute atomic E-state index is 0.132. The van der Waals surface area contributed by atoms with Gasteiger partial charge in [0, 0.05) is 30.5 Å². The number of nitrogens with zero attached hydrogens (tertiary/aromatic N) is 2. The monoisotopic (exact) mass is 362 g/mol. The standard InChI is InChI=1S/C20H18N4O3/c1-12-7-8-15(21-11-12)17-18(22-13-5-3-2-4-6-13)16-14(23-17)9-10-24(19(16)25)20(26)27/h2-8,11,22-23H,9-10H2,1H3,(H,26,27). The third-order valence-electron chi connectivity index (χ3n) is 4.56. The van der Waals surface area contributed by atoms with Crippen molar-refractivity contribution in [3.05, 3.63) is 65.5 Å². The summed E-state index contributed by atoms with van der Waals surface area (Å²) < 4.78 is 0. The van der Waals surface area contributed by atoms with Gasteiger partial charge in [0.05, 0.1) is 22.6 Å². The van der Waals surface area contributed by atoms with Crippen molar-refractivity contribution in [1.82, 2.24) is 14.9 Å². The lowest BCUT2D eigenvalue weighted by atomic mass is 10.0. The molecule has 0 radical (unpaired) electrons. The molecular weight excluding hydrogens is 344 g/mol. The Bertz CT molecular complexity index is 1010. The Balaban J connectivity index is 1.87. The smallest absolute Gasteiger partial charge is 0.414 e. The second-order valence-electron chi connectivity index (χ2n) is 6.43. The molecule has 0 unspecified atom stereocenters. The van der Waals surface area contributed by atoms with Crippen LogP contribution in [0.4, 0.5) is 16.2 Å². The third kappa shape index (κ3) is 3.03. The van der Waals surface area contributed by atoms with Gasteiger partial charge in [-0.1, -0.05) is 24.3 Å². The Morgan fingerprint density at radius 3 is 2.67 bits per heavy atom. The molecule has 0 saturated heterocycles. The number of imide groups is 1. The number of amides is 2. The van der Waals surface area contributed by atoms with Gasteiger partial charge in [0.2, 0.25) is 0 Å². The highest BCUT2D eigenvalue weighted by molar-refractivity contribution is 6.10. The summed E-state index contributed by atoms with van der Waals surface area (Å²) in [5, 5.41) is 12.6. The molecule has 2 aromatic heterocycles. The lowest BCUT2D eigenvalue weighted by Gasteiger charge is -2.23. The number of para-hydroxylation sites is 1. The van der Waals surface area contributed by atoms with Crippen molar-refractivity contribution in [2.75, 3.05) is 11.9 Å². The van der Waals surface area contributed by atoms with Crippen LogP contribution in [0.5, 0.6) is 0 Å². The normalized spacial score (nSPS) is 13.4. The van der Waals surface area contributed by atoms with Gasteiger partial charge in [0.1, 0.15) is 0 Å². The maximum absolute atomic E-state index is 12.8. The number of H-pyrrole nitrogens is 1. The zero-order chi connectivity index (χ0) is 19.0. The largest absolute Gasteiger partial charge is 0.465 e. The summed E-state index contributed by atoms with van der Waals surface area (Å²) >= 11 is 0. The molecule has 3 heterocycles. The van der Waals surface area contributed by atoms with Gasteiger partial charge >= 0.3 is 6.09 Å². The van der Waals surface area contributed by atoms with E-state index in [9.17, 15) is 14.7 Å². The van der Waals surface area contributed by atoms with Gasteiger partial charge in [0.15, 0.2) is 0 Å². The number of nitrogens with one attached hydrogen (secondary N) is 2. The van der Waals surface area contributed by atoms with Crippen LogP contribution in [-0.4, -0.2) is 38.5 Å². The fraction of sp³-hybridized carbons (Fsp3) is 0.150.